The van der Waals surface area contributed by atoms with Crippen LogP contribution in [0.1, 0.15) is 31.8 Å². The fourth-order valence-corrected chi connectivity index (χ4v) is 2.34. The van der Waals surface area contributed by atoms with Crippen LogP contribution in [-0.2, 0) is 0 Å². The van der Waals surface area contributed by atoms with E-state index in [1.807, 2.05) is 24.3 Å². The van der Waals surface area contributed by atoms with Gasteiger partial charge in [0.25, 0.3) is 0 Å². The molecule has 0 saturated carbocycles. The first kappa shape index (κ1) is 13.8. The van der Waals surface area contributed by atoms with Crippen LogP contribution in [0, 0.1) is 5.41 Å². The van der Waals surface area contributed by atoms with Crippen molar-refractivity contribution in [2.45, 2.75) is 20.3 Å². The summed E-state index contributed by atoms with van der Waals surface area (Å²) < 4.78 is 2.05. The van der Waals surface area contributed by atoms with Crippen LogP contribution in [0.25, 0.3) is 17.8 Å². The molecule has 21 heavy (non-hydrogen) atoms. The Balaban J connectivity index is 1.94. The number of aromatic nitrogens is 2. The van der Waals surface area contributed by atoms with Crippen LogP contribution in [0.2, 0.25) is 0 Å². The number of imidazole rings is 1. The molecule has 1 aromatic heterocycles. The first-order chi connectivity index (χ1) is 10.1. The van der Waals surface area contributed by atoms with E-state index in [9.17, 15) is 0 Å². The second-order valence-electron chi connectivity index (χ2n) is 5.96. The zero-order valence-electron chi connectivity index (χ0n) is 12.3. The maximum atomic E-state index is 9.07. The Bertz CT molecular complexity index is 666. The number of hydroxylamine groups is 1. The first-order valence-electron chi connectivity index (χ1n) is 7.10. The van der Waals surface area contributed by atoms with Gasteiger partial charge in [-0.2, -0.15) is 5.48 Å². The zero-order valence-corrected chi connectivity index (χ0v) is 12.3. The molecule has 2 heterocycles. The highest BCUT2D eigenvalue weighted by Gasteiger charge is 2.15. The number of hydrogen-bond acceptors (Lipinski definition) is 2. The first-order valence-corrected chi connectivity index (χ1v) is 7.10. The molecule has 1 aromatic rings. The molecule has 108 valence electrons. The highest BCUT2D eigenvalue weighted by Crippen LogP contribution is 2.27. The minimum Gasteiger partial charge on any atom is -0.307 e. The predicted molar refractivity (Wildman–Crippen MR) is 83.9 cm³/mol. The van der Waals surface area contributed by atoms with E-state index in [1.54, 1.807) is 0 Å². The molecular weight excluding hydrogens is 262 g/mol. The van der Waals surface area contributed by atoms with Crippen molar-refractivity contribution in [3.05, 3.63) is 59.9 Å². The van der Waals surface area contributed by atoms with Gasteiger partial charge in [0.1, 0.15) is 5.82 Å². The summed E-state index contributed by atoms with van der Waals surface area (Å²) in [5.41, 5.74) is 4.09. The third-order valence-electron chi connectivity index (χ3n) is 3.69. The van der Waals surface area contributed by atoms with Crippen molar-refractivity contribution < 1.29 is 10.7 Å². The maximum Gasteiger partial charge on any atom is 0.161 e. The third-order valence-corrected chi connectivity index (χ3v) is 3.69. The highest BCUT2D eigenvalue weighted by molar-refractivity contribution is 5.68. The summed E-state index contributed by atoms with van der Waals surface area (Å²) in [5, 5.41) is 9.07. The van der Waals surface area contributed by atoms with Gasteiger partial charge < -0.3 is 4.57 Å². The van der Waals surface area contributed by atoms with Crippen molar-refractivity contribution in [3.8, 4) is 0 Å². The lowest BCUT2D eigenvalue weighted by atomic mass is 9.93. The molecular formula is C17H20N3O+. The minimum atomic E-state index is 0.0553. The van der Waals surface area contributed by atoms with Gasteiger partial charge in [-0.15, -0.1) is 0 Å². The Morgan fingerprint density at radius 3 is 2.90 bits per heavy atom. The van der Waals surface area contributed by atoms with Crippen LogP contribution in [0.15, 0.2) is 48.4 Å². The van der Waals surface area contributed by atoms with E-state index in [-0.39, 0.29) is 5.41 Å². The second-order valence-corrected chi connectivity index (χ2v) is 5.96. The van der Waals surface area contributed by atoms with Gasteiger partial charge in [0, 0.05) is 23.9 Å². The summed E-state index contributed by atoms with van der Waals surface area (Å²) in [4.78, 5) is 4.71. The van der Waals surface area contributed by atoms with Gasteiger partial charge in [0.15, 0.2) is 5.70 Å². The Hall–Kier alpha value is -2.17. The molecule has 1 aliphatic heterocycles. The third kappa shape index (κ3) is 2.96. The van der Waals surface area contributed by atoms with Crippen LogP contribution in [0.5, 0.6) is 0 Å². The lowest BCUT2D eigenvalue weighted by molar-refractivity contribution is -0.848. The van der Waals surface area contributed by atoms with E-state index in [2.05, 4.69) is 49.0 Å². The van der Waals surface area contributed by atoms with Crippen molar-refractivity contribution >= 4 is 17.8 Å². The highest BCUT2D eigenvalue weighted by atomic mass is 16.5. The fourth-order valence-electron chi connectivity index (χ4n) is 2.34. The molecule has 2 aliphatic rings. The number of nitrogens with zero attached hydrogens (tertiary/aromatic N) is 2. The molecule has 0 amide bonds. The van der Waals surface area contributed by atoms with Crippen molar-refractivity contribution in [1.82, 2.24) is 9.55 Å². The van der Waals surface area contributed by atoms with Gasteiger partial charge in [0.05, 0.1) is 5.69 Å². The molecule has 3 rings (SSSR count). The van der Waals surface area contributed by atoms with Gasteiger partial charge in [-0.1, -0.05) is 38.2 Å². The van der Waals surface area contributed by atoms with Gasteiger partial charge in [-0.05, 0) is 24.1 Å². The summed E-state index contributed by atoms with van der Waals surface area (Å²) in [6, 6.07) is 0. The van der Waals surface area contributed by atoms with Crippen molar-refractivity contribution in [2.75, 3.05) is 0 Å². The lowest BCUT2D eigenvalue weighted by Gasteiger charge is -2.11. The zero-order chi connectivity index (χ0) is 14.9. The smallest absolute Gasteiger partial charge is 0.161 e. The predicted octanol–water partition coefficient (Wildman–Crippen LogP) is 2.59. The number of allylic oxidation sites excluding steroid dienone is 7. The van der Waals surface area contributed by atoms with Crippen LogP contribution < -0.4 is 5.48 Å². The van der Waals surface area contributed by atoms with E-state index in [4.69, 9.17) is 10.2 Å². The Morgan fingerprint density at radius 1 is 1.24 bits per heavy atom. The van der Waals surface area contributed by atoms with Crippen molar-refractivity contribution in [2.24, 2.45) is 5.41 Å². The second kappa shape index (κ2) is 5.31. The average Bonchev–Trinajstić information content (AvgIpc) is 2.63. The summed E-state index contributed by atoms with van der Waals surface area (Å²) in [6.07, 6.45) is 19.2. The van der Waals surface area contributed by atoms with Crippen molar-refractivity contribution in [3.63, 3.8) is 0 Å². The van der Waals surface area contributed by atoms with E-state index in [1.165, 1.54) is 0 Å². The number of fused-ring (bicyclic) bond motifs is 1. The molecule has 4 nitrogen and oxygen atoms in total. The average molecular weight is 282 g/mol. The molecule has 0 aromatic carbocycles. The SMILES string of the molecule is CC1(C)C=Cc2nc(C3=CC=C([NH2+]O)C=CC3)cn2C=C1. The molecule has 0 spiro atoms. The normalized spacial score (nSPS) is 19.6. The van der Waals surface area contributed by atoms with Crippen LogP contribution >= 0.6 is 0 Å². The number of rotatable bonds is 2. The van der Waals surface area contributed by atoms with E-state index in [0.29, 0.717) is 0 Å². The Kier molecular flexibility index (Phi) is 3.49. The fraction of sp³-hybridized carbons (Fsp3) is 0.235. The summed E-state index contributed by atoms with van der Waals surface area (Å²) in [6.45, 7) is 4.34. The van der Waals surface area contributed by atoms with E-state index >= 15 is 0 Å². The van der Waals surface area contributed by atoms with Gasteiger partial charge >= 0.3 is 0 Å². The minimum absolute atomic E-state index is 0.0553. The molecule has 1 aliphatic carbocycles. The molecule has 0 atom stereocenters. The maximum absolute atomic E-state index is 9.07. The van der Waals surface area contributed by atoms with Gasteiger partial charge in [0.2, 0.25) is 0 Å². The van der Waals surface area contributed by atoms with E-state index < -0.39 is 0 Å². The molecule has 0 fully saturated rings. The van der Waals surface area contributed by atoms with Gasteiger partial charge in [-0.3, -0.25) is 0 Å². The van der Waals surface area contributed by atoms with E-state index in [0.717, 1.165) is 34.7 Å². The quantitative estimate of drug-likeness (QED) is 0.819. The van der Waals surface area contributed by atoms with Crippen molar-refractivity contribution in [1.29, 1.82) is 0 Å². The summed E-state index contributed by atoms with van der Waals surface area (Å²) in [7, 11) is 0. The molecule has 0 radical (unpaired) electrons. The summed E-state index contributed by atoms with van der Waals surface area (Å²) in [5.74, 6) is 0.943. The Morgan fingerprint density at radius 2 is 2.10 bits per heavy atom. The van der Waals surface area contributed by atoms with Crippen LogP contribution in [0.3, 0.4) is 0 Å². The standard InChI is InChI=1S/C17H19N3O/c1-17(2)9-8-16-18-15(12-20(16)11-10-17)13-4-3-5-14(19-21)7-6-13/h3,5-12,19,21H,4H2,1-2H3/p+1. The molecule has 0 bridgehead atoms. The van der Waals surface area contributed by atoms with Gasteiger partial charge in [-0.25, -0.2) is 10.2 Å². The molecule has 0 saturated heterocycles. The van der Waals surface area contributed by atoms with Crippen LogP contribution in [0.4, 0.5) is 0 Å². The lowest BCUT2D eigenvalue weighted by Crippen LogP contribution is -2.77. The van der Waals surface area contributed by atoms with Crippen LogP contribution in [-0.4, -0.2) is 14.8 Å². The molecule has 4 heteroatoms. The molecule has 3 N–H and O–H groups in total. The number of quaternary nitrogens is 1. The molecule has 0 unspecified atom stereocenters. The Labute approximate surface area is 124 Å². The topological polar surface area (TPSA) is 54.7 Å². The number of hydrogen-bond donors (Lipinski definition) is 2. The summed E-state index contributed by atoms with van der Waals surface area (Å²) >= 11 is 0. The number of nitrogens with two attached hydrogens (primary N) is 1. The largest absolute Gasteiger partial charge is 0.307 e. The monoisotopic (exact) mass is 282 g/mol.